The van der Waals surface area contributed by atoms with Crippen molar-refractivity contribution in [1.82, 2.24) is 9.21 Å². The topological polar surface area (TPSA) is 86.8 Å². The zero-order chi connectivity index (χ0) is 20.6. The summed E-state index contributed by atoms with van der Waals surface area (Å²) in [5.41, 5.74) is 2.00. The maximum Gasteiger partial charge on any atom is 0.259 e. The number of rotatable bonds is 5. The average Bonchev–Trinajstić information content (AvgIpc) is 2.92. The van der Waals surface area contributed by atoms with E-state index in [2.05, 4.69) is 11.9 Å². The van der Waals surface area contributed by atoms with Crippen molar-refractivity contribution in [3.8, 4) is 0 Å². The van der Waals surface area contributed by atoms with Crippen LogP contribution in [0.3, 0.4) is 0 Å². The molecule has 0 saturated carbocycles. The number of sulfonamides is 1. The van der Waals surface area contributed by atoms with E-state index in [9.17, 15) is 18.0 Å². The Morgan fingerprint density at radius 1 is 1.11 bits per heavy atom. The highest BCUT2D eigenvalue weighted by Gasteiger charge is 2.36. The molecule has 2 aromatic carbocycles. The van der Waals surface area contributed by atoms with Gasteiger partial charge >= 0.3 is 0 Å². The molecule has 0 aromatic heterocycles. The molecule has 2 amide bonds. The van der Waals surface area contributed by atoms with E-state index in [1.54, 1.807) is 37.3 Å². The highest BCUT2D eigenvalue weighted by molar-refractivity contribution is 7.89. The molecule has 28 heavy (non-hydrogen) atoms. The summed E-state index contributed by atoms with van der Waals surface area (Å²) in [6.45, 7) is 5.55. The Morgan fingerprint density at radius 3 is 2.36 bits per heavy atom. The minimum Gasteiger partial charge on any atom is -0.324 e. The molecule has 3 rings (SSSR count). The van der Waals surface area contributed by atoms with Crippen LogP contribution in [0.4, 0.5) is 5.69 Å². The maximum absolute atomic E-state index is 12.7. The molecule has 1 N–H and O–H groups in total. The lowest BCUT2D eigenvalue weighted by molar-refractivity contribution is -0.119. The summed E-state index contributed by atoms with van der Waals surface area (Å²) in [6.07, 6.45) is 0. The molecule has 2 aromatic rings. The molecule has 1 aliphatic heterocycles. The summed E-state index contributed by atoms with van der Waals surface area (Å²) in [5, 5.41) is 2.68. The lowest BCUT2D eigenvalue weighted by atomic mass is 10.1. The van der Waals surface area contributed by atoms with Gasteiger partial charge in [0.05, 0.1) is 4.90 Å². The van der Waals surface area contributed by atoms with Gasteiger partial charge in [-0.2, -0.15) is 0 Å². The fourth-order valence-electron chi connectivity index (χ4n) is 3.02. The van der Waals surface area contributed by atoms with Crippen LogP contribution in [0, 0.1) is 0 Å². The Labute approximate surface area is 164 Å². The molecule has 1 aliphatic rings. The average molecular weight is 399 g/mol. The normalized spacial score (nSPS) is 14.9. The molecule has 0 aliphatic carbocycles. The predicted molar refractivity (Wildman–Crippen MR) is 107 cm³/mol. The van der Waals surface area contributed by atoms with Crippen LogP contribution >= 0.6 is 0 Å². The third-order valence-corrected chi connectivity index (χ3v) is 6.44. The Balaban J connectivity index is 1.81. The molecule has 0 spiro atoms. The van der Waals surface area contributed by atoms with E-state index >= 15 is 0 Å². The van der Waals surface area contributed by atoms with Gasteiger partial charge in [-0.3, -0.25) is 14.5 Å². The van der Waals surface area contributed by atoms with Crippen LogP contribution in [0.15, 0.2) is 60.0 Å². The quantitative estimate of drug-likeness (QED) is 0.836. The number of fused-ring (bicyclic) bond motifs is 1. The van der Waals surface area contributed by atoms with Crippen molar-refractivity contribution in [3.63, 3.8) is 0 Å². The second-order valence-electron chi connectivity index (χ2n) is 6.65. The van der Waals surface area contributed by atoms with E-state index in [4.69, 9.17) is 0 Å². The zero-order valence-electron chi connectivity index (χ0n) is 15.8. The van der Waals surface area contributed by atoms with Gasteiger partial charge in [-0.25, -0.2) is 12.7 Å². The molecule has 0 unspecified atom stereocenters. The Bertz CT molecular complexity index is 1040. The van der Waals surface area contributed by atoms with Crippen molar-refractivity contribution in [1.29, 1.82) is 0 Å². The first kappa shape index (κ1) is 19.8. The first-order valence-electron chi connectivity index (χ1n) is 8.60. The smallest absolute Gasteiger partial charge is 0.259 e. The van der Waals surface area contributed by atoms with E-state index in [0.29, 0.717) is 22.5 Å². The number of amides is 2. The molecular formula is C20H21N3O4S. The van der Waals surface area contributed by atoms with Gasteiger partial charge in [0.25, 0.3) is 5.91 Å². The van der Waals surface area contributed by atoms with Crippen LogP contribution in [0.5, 0.6) is 0 Å². The number of carbonyl (C=O) groups is 2. The van der Waals surface area contributed by atoms with Crippen LogP contribution < -0.4 is 5.32 Å². The minimum absolute atomic E-state index is 0.0667. The number of nitrogens with zero attached hydrogens (tertiary/aromatic N) is 2. The first-order valence-corrected chi connectivity index (χ1v) is 10.0. The van der Waals surface area contributed by atoms with Crippen molar-refractivity contribution in [2.24, 2.45) is 0 Å². The zero-order valence-corrected chi connectivity index (χ0v) is 16.7. The Hall–Kier alpha value is -2.97. The third kappa shape index (κ3) is 3.32. The van der Waals surface area contributed by atoms with E-state index < -0.39 is 22.0 Å². The van der Waals surface area contributed by atoms with Crippen LogP contribution in [0.25, 0.3) is 5.70 Å². The number of hydrogen-bond donors (Lipinski definition) is 1. The molecule has 1 heterocycles. The summed E-state index contributed by atoms with van der Waals surface area (Å²) in [6, 6.07) is 12.2. The molecule has 0 bridgehead atoms. The van der Waals surface area contributed by atoms with E-state index in [0.717, 1.165) is 4.31 Å². The second kappa shape index (κ2) is 7.21. The largest absolute Gasteiger partial charge is 0.324 e. The van der Waals surface area contributed by atoms with E-state index in [1.807, 2.05) is 6.07 Å². The second-order valence-corrected chi connectivity index (χ2v) is 8.80. The summed E-state index contributed by atoms with van der Waals surface area (Å²) in [4.78, 5) is 26.8. The van der Waals surface area contributed by atoms with Crippen LogP contribution in [-0.4, -0.2) is 49.6 Å². The lowest BCUT2D eigenvalue weighted by Crippen LogP contribution is -2.41. The fraction of sp³-hybridized carbons (Fsp3) is 0.200. The Morgan fingerprint density at radius 2 is 1.75 bits per heavy atom. The predicted octanol–water partition coefficient (Wildman–Crippen LogP) is 2.39. The molecular weight excluding hydrogens is 378 g/mol. The number of hydrogen-bond acceptors (Lipinski definition) is 4. The molecule has 0 fully saturated rings. The van der Waals surface area contributed by atoms with Gasteiger partial charge in [-0.15, -0.1) is 0 Å². The van der Waals surface area contributed by atoms with Gasteiger partial charge in [0.2, 0.25) is 15.9 Å². The molecule has 7 nitrogen and oxygen atoms in total. The van der Waals surface area contributed by atoms with Gasteiger partial charge in [-0.1, -0.05) is 30.8 Å². The Kier molecular flexibility index (Phi) is 5.10. The molecule has 0 saturated heterocycles. The van der Waals surface area contributed by atoms with Gasteiger partial charge < -0.3 is 5.32 Å². The van der Waals surface area contributed by atoms with E-state index in [1.165, 1.54) is 31.1 Å². The monoisotopic (exact) mass is 399 g/mol. The number of nitrogens with one attached hydrogen (secondary N) is 1. The highest BCUT2D eigenvalue weighted by Crippen LogP contribution is 2.33. The fourth-order valence-corrected chi connectivity index (χ4v) is 3.97. The molecule has 146 valence electrons. The van der Waals surface area contributed by atoms with Crippen molar-refractivity contribution in [2.45, 2.75) is 17.9 Å². The molecule has 8 heteroatoms. The van der Waals surface area contributed by atoms with E-state index in [-0.39, 0.29) is 10.8 Å². The SMILES string of the molecule is C=C1c2ccccc2C(=O)N1[C@@H](C)C(=O)Nc1cccc(S(=O)(=O)N(C)C)c1. The van der Waals surface area contributed by atoms with Crippen LogP contribution in [-0.2, 0) is 14.8 Å². The van der Waals surface area contributed by atoms with Crippen molar-refractivity contribution < 1.29 is 18.0 Å². The van der Waals surface area contributed by atoms with Crippen molar-refractivity contribution >= 4 is 33.2 Å². The van der Waals surface area contributed by atoms with Gasteiger partial charge in [0, 0.05) is 36.6 Å². The van der Waals surface area contributed by atoms with Crippen LogP contribution in [0.1, 0.15) is 22.8 Å². The number of anilines is 1. The number of carbonyl (C=O) groups excluding carboxylic acids is 2. The summed E-state index contributed by atoms with van der Waals surface area (Å²) in [7, 11) is -0.751. The molecule has 0 radical (unpaired) electrons. The van der Waals surface area contributed by atoms with Gasteiger partial charge in [0.1, 0.15) is 6.04 Å². The maximum atomic E-state index is 12.7. The van der Waals surface area contributed by atoms with Crippen molar-refractivity contribution in [2.75, 3.05) is 19.4 Å². The number of benzene rings is 2. The minimum atomic E-state index is -3.62. The highest BCUT2D eigenvalue weighted by atomic mass is 32.2. The first-order chi connectivity index (χ1) is 13.1. The summed E-state index contributed by atoms with van der Waals surface area (Å²) in [5.74, 6) is -0.728. The van der Waals surface area contributed by atoms with Crippen molar-refractivity contribution in [3.05, 3.63) is 66.2 Å². The van der Waals surface area contributed by atoms with Gasteiger partial charge in [0.15, 0.2) is 0 Å². The third-order valence-electron chi connectivity index (χ3n) is 4.62. The molecule has 1 atom stereocenters. The standard InChI is InChI=1S/C20H21N3O4S/c1-13-17-10-5-6-11-18(17)20(25)23(13)14(2)19(24)21-15-8-7-9-16(12-15)28(26,27)22(3)4/h5-12,14H,1H2,2-4H3,(H,21,24)/t14-/m0/s1. The summed E-state index contributed by atoms with van der Waals surface area (Å²) >= 11 is 0. The lowest BCUT2D eigenvalue weighted by Gasteiger charge is -2.24. The summed E-state index contributed by atoms with van der Waals surface area (Å²) < 4.78 is 25.6. The van der Waals surface area contributed by atoms with Crippen LogP contribution in [0.2, 0.25) is 0 Å². The van der Waals surface area contributed by atoms with Gasteiger partial charge in [-0.05, 0) is 31.2 Å².